The predicted octanol–water partition coefficient (Wildman–Crippen LogP) is 1.01. The van der Waals surface area contributed by atoms with E-state index in [2.05, 4.69) is 13.2 Å². The highest BCUT2D eigenvalue weighted by molar-refractivity contribution is 4.74. The smallest absolute Gasteiger partial charge is 0.0453 e. The van der Waals surface area contributed by atoms with Gasteiger partial charge in [0, 0.05) is 13.1 Å². The van der Waals surface area contributed by atoms with Crippen molar-refractivity contribution in [1.29, 1.82) is 0 Å². The van der Waals surface area contributed by atoms with E-state index in [0.717, 1.165) is 5.06 Å². The first-order valence-corrected chi connectivity index (χ1v) is 2.45. The molecular formula is C6H10NO. The Morgan fingerprint density at radius 3 is 1.88 bits per heavy atom. The topological polar surface area (TPSA) is 23.1 Å². The van der Waals surface area contributed by atoms with E-state index in [0.29, 0.717) is 13.1 Å². The van der Waals surface area contributed by atoms with E-state index < -0.39 is 0 Å². The first kappa shape index (κ1) is 7.40. The van der Waals surface area contributed by atoms with Gasteiger partial charge in [0.2, 0.25) is 0 Å². The quantitative estimate of drug-likeness (QED) is 0.393. The maximum Gasteiger partial charge on any atom is 0.0453 e. The molecule has 0 unspecified atom stereocenters. The third-order valence-corrected chi connectivity index (χ3v) is 0.665. The third kappa shape index (κ3) is 3.59. The van der Waals surface area contributed by atoms with E-state index in [1.54, 1.807) is 12.2 Å². The number of hydrogen-bond donors (Lipinski definition) is 0. The number of nitrogens with zero attached hydrogens (tertiary/aromatic N) is 1. The normalized spacial score (nSPS) is 9.25. The van der Waals surface area contributed by atoms with Crippen LogP contribution in [0.2, 0.25) is 0 Å². The molecule has 0 spiro atoms. The monoisotopic (exact) mass is 112 g/mol. The molecule has 8 heavy (non-hydrogen) atoms. The third-order valence-electron chi connectivity index (χ3n) is 0.665. The summed E-state index contributed by atoms with van der Waals surface area (Å²) in [6.07, 6.45) is 3.13. The van der Waals surface area contributed by atoms with Gasteiger partial charge in [-0.15, -0.1) is 23.4 Å². The van der Waals surface area contributed by atoms with Crippen LogP contribution in [-0.2, 0) is 5.21 Å². The highest BCUT2D eigenvalue weighted by atomic mass is 16.5. The molecule has 0 aromatic rings. The Kier molecular flexibility index (Phi) is 4.21. The number of rotatable bonds is 4. The Labute approximate surface area is 49.7 Å². The van der Waals surface area contributed by atoms with Crippen LogP contribution in [0, 0.1) is 0 Å². The van der Waals surface area contributed by atoms with Crippen molar-refractivity contribution in [2.75, 3.05) is 13.1 Å². The fourth-order valence-corrected chi connectivity index (χ4v) is 0.363. The van der Waals surface area contributed by atoms with Gasteiger partial charge in [0.25, 0.3) is 0 Å². The molecule has 0 amide bonds. The molecule has 0 saturated carbocycles. The maximum absolute atomic E-state index is 10.4. The van der Waals surface area contributed by atoms with Crippen molar-refractivity contribution in [3.8, 4) is 0 Å². The number of hydroxylamine groups is 2. The molecule has 0 aromatic carbocycles. The fraction of sp³-hybridized carbons (Fsp3) is 0.333. The molecule has 2 nitrogen and oxygen atoms in total. The fourth-order valence-electron chi connectivity index (χ4n) is 0.363. The lowest BCUT2D eigenvalue weighted by molar-refractivity contribution is -0.138. The van der Waals surface area contributed by atoms with Crippen LogP contribution in [0.4, 0.5) is 0 Å². The molecule has 0 aliphatic heterocycles. The second-order valence-electron chi connectivity index (χ2n) is 1.42. The molecule has 0 heterocycles. The van der Waals surface area contributed by atoms with E-state index in [1.165, 1.54) is 0 Å². The van der Waals surface area contributed by atoms with Crippen LogP contribution in [0.1, 0.15) is 0 Å². The van der Waals surface area contributed by atoms with Gasteiger partial charge in [-0.25, -0.2) is 0 Å². The summed E-state index contributed by atoms with van der Waals surface area (Å²) < 4.78 is 0. The van der Waals surface area contributed by atoms with Crippen molar-refractivity contribution < 1.29 is 5.21 Å². The highest BCUT2D eigenvalue weighted by Crippen LogP contribution is 1.80. The van der Waals surface area contributed by atoms with Gasteiger partial charge in [-0.05, 0) is 0 Å². The highest BCUT2D eigenvalue weighted by Gasteiger charge is 1.91. The minimum Gasteiger partial charge on any atom is -0.147 e. The van der Waals surface area contributed by atoms with Crippen LogP contribution >= 0.6 is 0 Å². The van der Waals surface area contributed by atoms with Crippen LogP contribution in [0.25, 0.3) is 0 Å². The molecule has 0 saturated heterocycles. The zero-order valence-corrected chi connectivity index (χ0v) is 4.84. The first-order chi connectivity index (χ1) is 3.81. The Balaban J connectivity index is 3.16. The van der Waals surface area contributed by atoms with Crippen LogP contribution in [-0.4, -0.2) is 18.2 Å². The molecule has 0 bridgehead atoms. The Morgan fingerprint density at radius 2 is 1.62 bits per heavy atom. The molecule has 0 aliphatic carbocycles. The molecule has 0 aromatic heterocycles. The van der Waals surface area contributed by atoms with Gasteiger partial charge in [0.15, 0.2) is 0 Å². The van der Waals surface area contributed by atoms with Crippen LogP contribution in [0.15, 0.2) is 25.3 Å². The summed E-state index contributed by atoms with van der Waals surface area (Å²) in [5.74, 6) is 0. The molecule has 45 valence electrons. The summed E-state index contributed by atoms with van der Waals surface area (Å²) in [4.78, 5) is 0. The van der Waals surface area contributed by atoms with Gasteiger partial charge >= 0.3 is 0 Å². The molecule has 0 aliphatic rings. The number of hydrogen-bond acceptors (Lipinski definition) is 1. The van der Waals surface area contributed by atoms with Crippen molar-refractivity contribution in [1.82, 2.24) is 5.06 Å². The molecule has 0 fully saturated rings. The van der Waals surface area contributed by atoms with E-state index in [-0.39, 0.29) is 0 Å². The minimum atomic E-state index is 0.381. The summed E-state index contributed by atoms with van der Waals surface area (Å²) in [7, 11) is 0. The summed E-state index contributed by atoms with van der Waals surface area (Å²) in [5, 5.41) is 11.3. The Morgan fingerprint density at radius 1 is 1.25 bits per heavy atom. The van der Waals surface area contributed by atoms with Gasteiger partial charge in [0.1, 0.15) is 0 Å². The predicted molar refractivity (Wildman–Crippen MR) is 32.7 cm³/mol. The summed E-state index contributed by atoms with van der Waals surface area (Å²) in [5.41, 5.74) is 0. The first-order valence-electron chi connectivity index (χ1n) is 2.45. The lowest BCUT2D eigenvalue weighted by Crippen LogP contribution is -2.16. The van der Waals surface area contributed by atoms with Crippen LogP contribution < -0.4 is 0 Å². The van der Waals surface area contributed by atoms with Gasteiger partial charge in [-0.1, -0.05) is 12.2 Å². The largest absolute Gasteiger partial charge is 0.147 e. The zero-order valence-electron chi connectivity index (χ0n) is 4.84. The zero-order chi connectivity index (χ0) is 6.41. The molecule has 0 N–H and O–H groups in total. The summed E-state index contributed by atoms with van der Waals surface area (Å²) in [6.45, 7) is 7.58. The van der Waals surface area contributed by atoms with Crippen molar-refractivity contribution in [2.24, 2.45) is 0 Å². The average molecular weight is 112 g/mol. The van der Waals surface area contributed by atoms with E-state index >= 15 is 0 Å². The maximum atomic E-state index is 10.4. The van der Waals surface area contributed by atoms with Crippen molar-refractivity contribution in [3.63, 3.8) is 0 Å². The van der Waals surface area contributed by atoms with E-state index in [9.17, 15) is 5.21 Å². The standard InChI is InChI=1S/C6H10NO/c1-3-5-7(8)6-4-2/h3-4H,1-2,5-6H2. The molecule has 2 heteroatoms. The molecular weight excluding hydrogens is 102 g/mol. The minimum absolute atomic E-state index is 0.381. The average Bonchev–Trinajstić information content (AvgIpc) is 1.68. The van der Waals surface area contributed by atoms with Gasteiger partial charge < -0.3 is 0 Å². The van der Waals surface area contributed by atoms with Gasteiger partial charge in [-0.3, -0.25) is 0 Å². The SMILES string of the molecule is C=CCN([O])CC=C. The Hall–Kier alpha value is -0.600. The van der Waals surface area contributed by atoms with Gasteiger partial charge in [-0.2, -0.15) is 0 Å². The van der Waals surface area contributed by atoms with Crippen LogP contribution in [0.5, 0.6) is 0 Å². The van der Waals surface area contributed by atoms with Crippen molar-refractivity contribution in [2.45, 2.75) is 0 Å². The summed E-state index contributed by atoms with van der Waals surface area (Å²) >= 11 is 0. The van der Waals surface area contributed by atoms with Crippen molar-refractivity contribution >= 4 is 0 Å². The molecule has 0 rings (SSSR count). The molecule has 1 radical (unpaired) electrons. The van der Waals surface area contributed by atoms with Crippen LogP contribution in [0.3, 0.4) is 0 Å². The Bertz CT molecular complexity index is 70.6. The molecule has 0 atom stereocenters. The van der Waals surface area contributed by atoms with E-state index in [4.69, 9.17) is 0 Å². The second kappa shape index (κ2) is 4.56. The van der Waals surface area contributed by atoms with Crippen molar-refractivity contribution in [3.05, 3.63) is 25.3 Å². The van der Waals surface area contributed by atoms with Gasteiger partial charge in [0.05, 0.1) is 0 Å². The second-order valence-corrected chi connectivity index (χ2v) is 1.42. The lowest BCUT2D eigenvalue weighted by Gasteiger charge is -2.02. The van der Waals surface area contributed by atoms with E-state index in [1.807, 2.05) is 0 Å². The lowest BCUT2D eigenvalue weighted by atomic mass is 10.5. The summed E-state index contributed by atoms with van der Waals surface area (Å²) in [6, 6.07) is 0.